The van der Waals surface area contributed by atoms with E-state index >= 15 is 0 Å². The molecule has 102 valence electrons. The van der Waals surface area contributed by atoms with Crippen LogP contribution in [0.25, 0.3) is 10.2 Å². The molecule has 3 rings (SSSR count). The third-order valence-corrected chi connectivity index (χ3v) is 5.38. The fraction of sp³-hybridized carbons (Fsp3) is 0.562. The Morgan fingerprint density at radius 1 is 1.32 bits per heavy atom. The first-order valence-corrected chi connectivity index (χ1v) is 8.16. The van der Waals surface area contributed by atoms with Crippen molar-refractivity contribution in [3.63, 3.8) is 0 Å². The van der Waals surface area contributed by atoms with E-state index in [-0.39, 0.29) is 0 Å². The lowest BCUT2D eigenvalue weighted by Gasteiger charge is -2.32. The lowest BCUT2D eigenvalue weighted by atomic mass is 9.77. The van der Waals surface area contributed by atoms with E-state index in [0.717, 1.165) is 17.4 Å². The number of hydrogen-bond donors (Lipinski definition) is 1. The van der Waals surface area contributed by atoms with E-state index in [9.17, 15) is 0 Å². The van der Waals surface area contributed by atoms with Gasteiger partial charge in [-0.25, -0.2) is 0 Å². The molecular formula is C16H22N2S. The molecule has 3 heteroatoms. The Hall–Kier alpha value is -0.930. The summed E-state index contributed by atoms with van der Waals surface area (Å²) < 4.78 is 1.31. The highest BCUT2D eigenvalue weighted by Crippen LogP contribution is 2.37. The third-order valence-electron chi connectivity index (χ3n) is 4.53. The molecule has 1 fully saturated rings. The monoisotopic (exact) mass is 274 g/mol. The van der Waals surface area contributed by atoms with Gasteiger partial charge in [0.05, 0.1) is 10.2 Å². The molecule has 1 aliphatic carbocycles. The summed E-state index contributed by atoms with van der Waals surface area (Å²) in [5.41, 5.74) is 2.48. The molecule has 1 atom stereocenters. The highest BCUT2D eigenvalue weighted by molar-refractivity contribution is 7.17. The van der Waals surface area contributed by atoms with Crippen LogP contribution in [0.4, 0.5) is 0 Å². The van der Waals surface area contributed by atoms with Crippen LogP contribution >= 0.6 is 11.3 Å². The van der Waals surface area contributed by atoms with E-state index in [2.05, 4.69) is 48.0 Å². The van der Waals surface area contributed by atoms with Crippen molar-refractivity contribution < 1.29 is 0 Å². The zero-order valence-corrected chi connectivity index (χ0v) is 12.5. The summed E-state index contributed by atoms with van der Waals surface area (Å²) in [6, 6.07) is 4.89. The zero-order valence-electron chi connectivity index (χ0n) is 11.7. The molecule has 1 N–H and O–H groups in total. The van der Waals surface area contributed by atoms with Gasteiger partial charge in [0, 0.05) is 12.2 Å². The van der Waals surface area contributed by atoms with Gasteiger partial charge in [-0.2, -0.15) is 0 Å². The minimum Gasteiger partial charge on any atom is -0.313 e. The second-order valence-corrected chi connectivity index (χ2v) is 6.81. The highest BCUT2D eigenvalue weighted by Gasteiger charge is 2.26. The molecule has 2 heterocycles. The number of thiophene rings is 1. The first kappa shape index (κ1) is 13.1. The topological polar surface area (TPSA) is 24.9 Å². The number of pyridine rings is 1. The van der Waals surface area contributed by atoms with Gasteiger partial charge in [0.15, 0.2) is 0 Å². The molecule has 0 spiro atoms. The van der Waals surface area contributed by atoms with Crippen molar-refractivity contribution in [1.29, 1.82) is 0 Å². The number of nitrogens with one attached hydrogen (secondary N) is 1. The third kappa shape index (κ3) is 2.67. The van der Waals surface area contributed by atoms with Gasteiger partial charge in [0.25, 0.3) is 0 Å². The molecule has 0 bridgehead atoms. The summed E-state index contributed by atoms with van der Waals surface area (Å²) in [5.74, 6) is 1.67. The van der Waals surface area contributed by atoms with Crippen molar-refractivity contribution in [2.75, 3.05) is 7.05 Å². The Balaban J connectivity index is 1.84. The summed E-state index contributed by atoms with van der Waals surface area (Å²) in [5, 5.41) is 5.65. The van der Waals surface area contributed by atoms with Crippen LogP contribution < -0.4 is 5.32 Å². The number of fused-ring (bicyclic) bond motifs is 1. The van der Waals surface area contributed by atoms with E-state index < -0.39 is 0 Å². The molecule has 0 aliphatic heterocycles. The Bertz CT molecular complexity index is 540. The number of nitrogens with zero attached hydrogens (tertiary/aromatic N) is 1. The van der Waals surface area contributed by atoms with Crippen LogP contribution in [-0.2, 0) is 0 Å². The van der Waals surface area contributed by atoms with Gasteiger partial charge in [0.1, 0.15) is 0 Å². The van der Waals surface area contributed by atoms with Gasteiger partial charge in [-0.3, -0.25) is 4.98 Å². The molecule has 19 heavy (non-hydrogen) atoms. The predicted molar refractivity (Wildman–Crippen MR) is 82.5 cm³/mol. The van der Waals surface area contributed by atoms with Crippen LogP contribution in [0.5, 0.6) is 0 Å². The van der Waals surface area contributed by atoms with Crippen molar-refractivity contribution in [1.82, 2.24) is 10.3 Å². The average molecular weight is 274 g/mol. The Labute approximate surface area is 119 Å². The molecule has 2 aromatic rings. The highest BCUT2D eigenvalue weighted by atomic mass is 32.1. The van der Waals surface area contributed by atoms with E-state index in [1.165, 1.54) is 35.9 Å². The molecule has 1 aliphatic rings. The maximum atomic E-state index is 4.59. The smallest absolute Gasteiger partial charge is 0.0809 e. The van der Waals surface area contributed by atoms with E-state index in [1.54, 1.807) is 11.3 Å². The molecule has 2 nitrogen and oxygen atoms in total. The van der Waals surface area contributed by atoms with Gasteiger partial charge in [-0.1, -0.05) is 19.8 Å². The molecular weight excluding hydrogens is 252 g/mol. The Morgan fingerprint density at radius 3 is 2.84 bits per heavy atom. The minimum absolute atomic E-state index is 0.464. The Kier molecular flexibility index (Phi) is 3.85. The zero-order chi connectivity index (χ0) is 13.2. The van der Waals surface area contributed by atoms with Crippen molar-refractivity contribution in [2.24, 2.45) is 11.8 Å². The van der Waals surface area contributed by atoms with Crippen LogP contribution in [0.1, 0.15) is 44.2 Å². The van der Waals surface area contributed by atoms with Crippen LogP contribution in [0, 0.1) is 11.8 Å². The molecule has 0 aromatic carbocycles. The maximum Gasteiger partial charge on any atom is 0.0809 e. The summed E-state index contributed by atoms with van der Waals surface area (Å²) in [6.45, 7) is 2.38. The van der Waals surface area contributed by atoms with Crippen LogP contribution in [0.15, 0.2) is 23.7 Å². The number of hydrogen-bond acceptors (Lipinski definition) is 3. The first-order chi connectivity index (χ1) is 9.28. The van der Waals surface area contributed by atoms with Gasteiger partial charge in [-0.15, -0.1) is 11.3 Å². The lowest BCUT2D eigenvalue weighted by molar-refractivity contribution is 0.238. The molecule has 1 saturated carbocycles. The molecule has 0 saturated heterocycles. The molecule has 2 aromatic heterocycles. The second kappa shape index (κ2) is 5.59. The van der Waals surface area contributed by atoms with E-state index in [1.807, 2.05) is 0 Å². The average Bonchev–Trinajstić information content (AvgIpc) is 2.89. The summed E-state index contributed by atoms with van der Waals surface area (Å²) in [4.78, 5) is 4.59. The quantitative estimate of drug-likeness (QED) is 0.898. The predicted octanol–water partition coefficient (Wildman–Crippen LogP) is 4.38. The van der Waals surface area contributed by atoms with Gasteiger partial charge < -0.3 is 5.32 Å². The lowest BCUT2D eigenvalue weighted by Crippen LogP contribution is -2.28. The molecule has 0 radical (unpaired) electrons. The van der Waals surface area contributed by atoms with Crippen LogP contribution in [0.2, 0.25) is 0 Å². The van der Waals surface area contributed by atoms with E-state index in [0.29, 0.717) is 6.04 Å². The van der Waals surface area contributed by atoms with Gasteiger partial charge in [-0.05, 0) is 54.8 Å². The normalized spacial score (nSPS) is 25.6. The van der Waals surface area contributed by atoms with Crippen molar-refractivity contribution >= 4 is 21.6 Å². The van der Waals surface area contributed by atoms with Gasteiger partial charge in [0.2, 0.25) is 0 Å². The first-order valence-electron chi connectivity index (χ1n) is 7.28. The fourth-order valence-corrected chi connectivity index (χ4v) is 4.11. The van der Waals surface area contributed by atoms with Crippen molar-refractivity contribution in [3.05, 3.63) is 29.3 Å². The second-order valence-electron chi connectivity index (χ2n) is 5.86. The molecule has 1 unspecified atom stereocenters. The SMILES string of the molecule is CNC(c1cnc2ccsc2c1)C1CCC(C)CC1. The van der Waals surface area contributed by atoms with Gasteiger partial charge >= 0.3 is 0 Å². The van der Waals surface area contributed by atoms with Crippen molar-refractivity contribution in [3.8, 4) is 0 Å². The number of rotatable bonds is 3. The minimum atomic E-state index is 0.464. The van der Waals surface area contributed by atoms with Crippen LogP contribution in [0.3, 0.4) is 0 Å². The largest absolute Gasteiger partial charge is 0.313 e. The van der Waals surface area contributed by atoms with Crippen LogP contribution in [-0.4, -0.2) is 12.0 Å². The number of aromatic nitrogens is 1. The standard InChI is InChI=1S/C16H22N2S/c1-11-3-5-12(6-4-11)16(17-2)13-9-15-14(18-10-13)7-8-19-15/h7-12,16-17H,3-6H2,1-2H3. The summed E-state index contributed by atoms with van der Waals surface area (Å²) >= 11 is 1.79. The van der Waals surface area contributed by atoms with E-state index in [4.69, 9.17) is 0 Å². The molecule has 0 amide bonds. The summed E-state index contributed by atoms with van der Waals surface area (Å²) in [6.07, 6.45) is 7.49. The fourth-order valence-electron chi connectivity index (χ4n) is 3.33. The Morgan fingerprint density at radius 2 is 2.11 bits per heavy atom. The van der Waals surface area contributed by atoms with Crippen molar-refractivity contribution in [2.45, 2.75) is 38.6 Å². The summed E-state index contributed by atoms with van der Waals surface area (Å²) in [7, 11) is 2.08. The maximum absolute atomic E-state index is 4.59.